The van der Waals surface area contributed by atoms with Crippen molar-refractivity contribution in [2.45, 2.75) is 38.8 Å². The van der Waals surface area contributed by atoms with E-state index in [2.05, 4.69) is 15.3 Å². The van der Waals surface area contributed by atoms with E-state index in [1.54, 1.807) is 23.4 Å². The van der Waals surface area contributed by atoms with E-state index >= 15 is 0 Å². The average molecular weight is 388 g/mol. The van der Waals surface area contributed by atoms with Gasteiger partial charge in [-0.2, -0.15) is 0 Å². The number of urea groups is 1. The SMILES string of the molecule is CC[C@H](C)[C@@H](NC(=O)N1CCc2[nH]cnc2[C@@H]1c1cccc(F)c1)C(=O)OC. The highest BCUT2D eigenvalue weighted by Gasteiger charge is 2.36. The van der Waals surface area contributed by atoms with Gasteiger partial charge in [0.15, 0.2) is 0 Å². The molecule has 2 aromatic rings. The predicted molar refractivity (Wildman–Crippen MR) is 101 cm³/mol. The number of imidazole rings is 1. The quantitative estimate of drug-likeness (QED) is 0.771. The number of aromatic amines is 1. The molecule has 1 aromatic carbocycles. The van der Waals surface area contributed by atoms with Gasteiger partial charge in [-0.25, -0.2) is 19.0 Å². The second kappa shape index (κ2) is 8.41. The summed E-state index contributed by atoms with van der Waals surface area (Å²) in [6, 6.07) is 4.44. The number of carbonyl (C=O) groups is 2. The molecule has 0 aliphatic carbocycles. The van der Waals surface area contributed by atoms with Crippen LogP contribution < -0.4 is 5.32 Å². The van der Waals surface area contributed by atoms with Crippen molar-refractivity contribution >= 4 is 12.0 Å². The highest BCUT2D eigenvalue weighted by Crippen LogP contribution is 2.33. The largest absolute Gasteiger partial charge is 0.467 e. The van der Waals surface area contributed by atoms with Gasteiger partial charge in [0, 0.05) is 18.7 Å². The molecule has 150 valence electrons. The summed E-state index contributed by atoms with van der Waals surface area (Å²) in [5.41, 5.74) is 2.23. The number of ether oxygens (including phenoxy) is 1. The van der Waals surface area contributed by atoms with Crippen LogP contribution in [0.5, 0.6) is 0 Å². The maximum absolute atomic E-state index is 13.9. The van der Waals surface area contributed by atoms with E-state index in [0.29, 0.717) is 30.6 Å². The smallest absolute Gasteiger partial charge is 0.328 e. The molecule has 0 saturated carbocycles. The van der Waals surface area contributed by atoms with Gasteiger partial charge < -0.3 is 19.9 Å². The van der Waals surface area contributed by atoms with Crippen LogP contribution in [0.2, 0.25) is 0 Å². The lowest BCUT2D eigenvalue weighted by molar-refractivity contribution is -0.144. The van der Waals surface area contributed by atoms with Gasteiger partial charge in [0.25, 0.3) is 0 Å². The summed E-state index contributed by atoms with van der Waals surface area (Å²) in [7, 11) is 1.30. The first kappa shape index (κ1) is 19.9. The van der Waals surface area contributed by atoms with Crippen LogP contribution in [-0.4, -0.2) is 46.6 Å². The number of nitrogens with one attached hydrogen (secondary N) is 2. The number of fused-ring (bicyclic) bond motifs is 1. The summed E-state index contributed by atoms with van der Waals surface area (Å²) in [4.78, 5) is 34.3. The van der Waals surface area contributed by atoms with Gasteiger partial charge in [0.1, 0.15) is 17.9 Å². The Hall–Kier alpha value is -2.90. The normalized spacial score (nSPS) is 18.1. The number of benzene rings is 1. The number of aromatic nitrogens is 2. The van der Waals surface area contributed by atoms with Crippen molar-refractivity contribution in [2.24, 2.45) is 5.92 Å². The molecule has 1 aliphatic rings. The van der Waals surface area contributed by atoms with Crippen LogP contribution >= 0.6 is 0 Å². The van der Waals surface area contributed by atoms with Crippen LogP contribution in [0.25, 0.3) is 0 Å². The maximum Gasteiger partial charge on any atom is 0.328 e. The minimum atomic E-state index is -0.753. The fourth-order valence-corrected chi connectivity index (χ4v) is 3.52. The molecule has 3 atom stereocenters. The van der Waals surface area contributed by atoms with Gasteiger partial charge in [-0.15, -0.1) is 0 Å². The maximum atomic E-state index is 13.9. The Balaban J connectivity index is 1.92. The van der Waals surface area contributed by atoms with Gasteiger partial charge >= 0.3 is 12.0 Å². The molecule has 0 saturated heterocycles. The number of H-pyrrole nitrogens is 1. The Morgan fingerprint density at radius 3 is 2.93 bits per heavy atom. The number of esters is 1. The molecule has 28 heavy (non-hydrogen) atoms. The fraction of sp³-hybridized carbons (Fsp3) is 0.450. The van der Waals surface area contributed by atoms with Crippen LogP contribution in [0.1, 0.15) is 43.3 Å². The summed E-state index contributed by atoms with van der Waals surface area (Å²) in [5.74, 6) is -0.954. The van der Waals surface area contributed by atoms with Crippen molar-refractivity contribution in [3.63, 3.8) is 0 Å². The lowest BCUT2D eigenvalue weighted by atomic mass is 9.95. The molecule has 2 heterocycles. The molecule has 3 rings (SSSR count). The zero-order valence-electron chi connectivity index (χ0n) is 16.2. The fourth-order valence-electron chi connectivity index (χ4n) is 3.52. The summed E-state index contributed by atoms with van der Waals surface area (Å²) >= 11 is 0. The van der Waals surface area contributed by atoms with Gasteiger partial charge in [0.05, 0.1) is 19.1 Å². The molecule has 8 heteroatoms. The Kier molecular flexibility index (Phi) is 5.96. The van der Waals surface area contributed by atoms with Crippen molar-refractivity contribution in [1.82, 2.24) is 20.2 Å². The highest BCUT2D eigenvalue weighted by atomic mass is 19.1. The third-order valence-electron chi connectivity index (χ3n) is 5.30. The molecule has 0 bridgehead atoms. The zero-order valence-corrected chi connectivity index (χ0v) is 16.2. The molecule has 2 N–H and O–H groups in total. The Labute approximate surface area is 163 Å². The van der Waals surface area contributed by atoms with E-state index in [1.807, 2.05) is 13.8 Å². The Morgan fingerprint density at radius 1 is 1.46 bits per heavy atom. The molecule has 1 aliphatic heterocycles. The number of halogens is 1. The Morgan fingerprint density at radius 2 is 2.25 bits per heavy atom. The zero-order chi connectivity index (χ0) is 20.3. The second-order valence-electron chi connectivity index (χ2n) is 7.00. The van der Waals surface area contributed by atoms with E-state index in [0.717, 1.165) is 5.69 Å². The van der Waals surface area contributed by atoms with Crippen molar-refractivity contribution in [3.8, 4) is 0 Å². The Bertz CT molecular complexity index is 853. The first-order valence-electron chi connectivity index (χ1n) is 9.38. The third kappa shape index (κ3) is 3.85. The number of rotatable bonds is 5. The van der Waals surface area contributed by atoms with Crippen LogP contribution in [0.15, 0.2) is 30.6 Å². The summed E-state index contributed by atoms with van der Waals surface area (Å²) in [5, 5.41) is 2.81. The number of methoxy groups -OCH3 is 1. The van der Waals surface area contributed by atoms with Crippen molar-refractivity contribution in [2.75, 3.05) is 13.7 Å². The van der Waals surface area contributed by atoms with E-state index in [-0.39, 0.29) is 11.7 Å². The first-order chi connectivity index (χ1) is 13.5. The molecule has 0 unspecified atom stereocenters. The van der Waals surface area contributed by atoms with Crippen LogP contribution in [0, 0.1) is 11.7 Å². The summed E-state index contributed by atoms with van der Waals surface area (Å²) in [6.07, 6.45) is 2.88. The number of amides is 2. The molecule has 0 fully saturated rings. The monoisotopic (exact) mass is 388 g/mol. The standard InChI is InChI=1S/C20H25FN4O3/c1-4-12(2)16(19(26)28-3)24-20(27)25-9-8-15-17(23-11-22-15)18(25)13-6-5-7-14(21)10-13/h5-7,10-12,16,18H,4,8-9H2,1-3H3,(H,22,23)(H,24,27)/t12-,16+,18-/m0/s1. The number of hydrogen-bond acceptors (Lipinski definition) is 4. The minimum absolute atomic E-state index is 0.0882. The van der Waals surface area contributed by atoms with Crippen molar-refractivity contribution in [1.29, 1.82) is 0 Å². The molecule has 7 nitrogen and oxygen atoms in total. The average Bonchev–Trinajstić information content (AvgIpc) is 3.18. The molecular weight excluding hydrogens is 363 g/mol. The lowest BCUT2D eigenvalue weighted by Crippen LogP contribution is -2.53. The number of nitrogens with zero attached hydrogens (tertiary/aromatic N) is 2. The van der Waals surface area contributed by atoms with E-state index in [1.165, 1.54) is 19.2 Å². The number of hydrogen-bond donors (Lipinski definition) is 2. The third-order valence-corrected chi connectivity index (χ3v) is 5.30. The number of carbonyl (C=O) groups excluding carboxylic acids is 2. The lowest BCUT2D eigenvalue weighted by Gasteiger charge is -2.36. The van der Waals surface area contributed by atoms with E-state index in [9.17, 15) is 14.0 Å². The van der Waals surface area contributed by atoms with Gasteiger partial charge in [-0.3, -0.25) is 0 Å². The highest BCUT2D eigenvalue weighted by molar-refractivity contribution is 5.84. The van der Waals surface area contributed by atoms with Crippen molar-refractivity contribution < 1.29 is 18.7 Å². The van der Waals surface area contributed by atoms with Crippen LogP contribution in [-0.2, 0) is 16.0 Å². The molecular formula is C20H25FN4O3. The van der Waals surface area contributed by atoms with E-state index in [4.69, 9.17) is 4.74 Å². The van der Waals surface area contributed by atoms with Gasteiger partial charge in [0.2, 0.25) is 0 Å². The topological polar surface area (TPSA) is 87.3 Å². The van der Waals surface area contributed by atoms with Gasteiger partial charge in [-0.05, 0) is 23.6 Å². The molecule has 1 aromatic heterocycles. The van der Waals surface area contributed by atoms with Crippen LogP contribution in [0.4, 0.5) is 9.18 Å². The molecule has 2 amide bonds. The summed E-state index contributed by atoms with van der Waals surface area (Å²) in [6.45, 7) is 4.24. The molecule has 0 radical (unpaired) electrons. The van der Waals surface area contributed by atoms with Crippen molar-refractivity contribution in [3.05, 3.63) is 53.4 Å². The minimum Gasteiger partial charge on any atom is -0.467 e. The molecule has 0 spiro atoms. The predicted octanol–water partition coefficient (Wildman–Crippen LogP) is 2.79. The van der Waals surface area contributed by atoms with E-state index < -0.39 is 24.1 Å². The summed E-state index contributed by atoms with van der Waals surface area (Å²) < 4.78 is 18.7. The second-order valence-corrected chi connectivity index (χ2v) is 7.00. The van der Waals surface area contributed by atoms with Gasteiger partial charge in [-0.1, -0.05) is 32.4 Å². The van der Waals surface area contributed by atoms with Crippen LogP contribution in [0.3, 0.4) is 0 Å². The first-order valence-corrected chi connectivity index (χ1v) is 9.38.